The molecular formula is C19H20Cl2F3N3O. The van der Waals surface area contributed by atoms with E-state index in [1.54, 1.807) is 0 Å². The van der Waals surface area contributed by atoms with Crippen LogP contribution in [0.15, 0.2) is 48.5 Å². The number of carbonyl (C=O) groups excluding carboxylic acids is 1. The van der Waals surface area contributed by atoms with Crippen LogP contribution < -0.4 is 11.1 Å². The van der Waals surface area contributed by atoms with E-state index in [1.165, 1.54) is 0 Å². The molecule has 0 unspecified atom stereocenters. The van der Waals surface area contributed by atoms with Gasteiger partial charge in [-0.2, -0.15) is 13.2 Å². The van der Waals surface area contributed by atoms with Gasteiger partial charge in [0.25, 0.3) is 0 Å². The number of nitrogens with one attached hydrogen (secondary N) is 1. The molecule has 3 N–H and O–H groups in total. The van der Waals surface area contributed by atoms with E-state index < -0.39 is 17.6 Å². The molecule has 9 heteroatoms. The Morgan fingerprint density at radius 2 is 1.86 bits per heavy atom. The first kappa shape index (κ1) is 22.5. The normalized spacial score (nSPS) is 19.9. The van der Waals surface area contributed by atoms with Crippen LogP contribution in [0.2, 0.25) is 5.02 Å². The highest BCUT2D eigenvalue weighted by atomic mass is 35.5. The van der Waals surface area contributed by atoms with E-state index in [4.69, 9.17) is 17.3 Å². The minimum Gasteiger partial charge on any atom is -0.326 e. The third-order valence-corrected chi connectivity index (χ3v) is 4.93. The first-order valence-electron chi connectivity index (χ1n) is 8.43. The molecule has 1 heterocycles. The van der Waals surface area contributed by atoms with E-state index in [9.17, 15) is 18.0 Å². The summed E-state index contributed by atoms with van der Waals surface area (Å²) in [5.74, 6) is -0.326. The number of nitrogens with two attached hydrogens (primary N) is 1. The highest BCUT2D eigenvalue weighted by molar-refractivity contribution is 6.33. The van der Waals surface area contributed by atoms with Gasteiger partial charge in [-0.1, -0.05) is 41.9 Å². The van der Waals surface area contributed by atoms with Crippen LogP contribution in [-0.4, -0.2) is 36.5 Å². The minimum absolute atomic E-state index is 0. The van der Waals surface area contributed by atoms with E-state index in [-0.39, 0.29) is 41.6 Å². The van der Waals surface area contributed by atoms with Crippen LogP contribution in [-0.2, 0) is 11.0 Å². The van der Waals surface area contributed by atoms with Gasteiger partial charge in [-0.3, -0.25) is 9.69 Å². The van der Waals surface area contributed by atoms with Gasteiger partial charge in [0.15, 0.2) is 0 Å². The maximum Gasteiger partial charge on any atom is 0.416 e. The molecular weight excluding hydrogens is 414 g/mol. The number of hydrogen-bond donors (Lipinski definition) is 2. The number of nitrogens with zero attached hydrogens (tertiary/aromatic N) is 1. The number of amides is 1. The van der Waals surface area contributed by atoms with Crippen LogP contribution in [0.1, 0.15) is 17.0 Å². The van der Waals surface area contributed by atoms with Gasteiger partial charge in [-0.05, 0) is 23.8 Å². The number of rotatable bonds is 4. The van der Waals surface area contributed by atoms with Crippen molar-refractivity contribution >= 4 is 35.6 Å². The van der Waals surface area contributed by atoms with Crippen LogP contribution in [0, 0.1) is 0 Å². The monoisotopic (exact) mass is 433 g/mol. The minimum atomic E-state index is -4.51. The van der Waals surface area contributed by atoms with E-state index in [1.807, 2.05) is 35.2 Å². The zero-order chi connectivity index (χ0) is 19.6. The third-order valence-electron chi connectivity index (χ3n) is 4.60. The van der Waals surface area contributed by atoms with Crippen molar-refractivity contribution in [2.45, 2.75) is 18.1 Å². The first-order valence-corrected chi connectivity index (χ1v) is 8.81. The predicted molar refractivity (Wildman–Crippen MR) is 106 cm³/mol. The summed E-state index contributed by atoms with van der Waals surface area (Å²) in [5.41, 5.74) is 6.39. The lowest BCUT2D eigenvalue weighted by atomic mass is 9.95. The Morgan fingerprint density at radius 1 is 1.18 bits per heavy atom. The number of alkyl halides is 3. The van der Waals surface area contributed by atoms with Gasteiger partial charge >= 0.3 is 6.18 Å². The summed E-state index contributed by atoms with van der Waals surface area (Å²) < 4.78 is 38.5. The molecule has 1 amide bonds. The Balaban J connectivity index is 0.00000280. The Kier molecular flexibility index (Phi) is 7.33. The predicted octanol–water partition coefficient (Wildman–Crippen LogP) is 4.15. The van der Waals surface area contributed by atoms with E-state index >= 15 is 0 Å². The topological polar surface area (TPSA) is 58.4 Å². The lowest BCUT2D eigenvalue weighted by Crippen LogP contribution is -2.33. The number of anilines is 1. The quantitative estimate of drug-likeness (QED) is 0.761. The lowest BCUT2D eigenvalue weighted by molar-refractivity contribution is -0.137. The second-order valence-electron chi connectivity index (χ2n) is 6.62. The number of hydrogen-bond acceptors (Lipinski definition) is 3. The average molecular weight is 434 g/mol. The van der Waals surface area contributed by atoms with Gasteiger partial charge in [-0.25, -0.2) is 0 Å². The summed E-state index contributed by atoms with van der Waals surface area (Å²) in [6.45, 7) is 1.17. The molecule has 0 aliphatic carbocycles. The summed E-state index contributed by atoms with van der Waals surface area (Å²) in [7, 11) is 0. The van der Waals surface area contributed by atoms with E-state index in [0.29, 0.717) is 13.1 Å². The van der Waals surface area contributed by atoms with Crippen molar-refractivity contribution in [3.8, 4) is 0 Å². The van der Waals surface area contributed by atoms with Crippen LogP contribution in [0.3, 0.4) is 0 Å². The molecule has 1 aliphatic heterocycles. The van der Waals surface area contributed by atoms with Crippen molar-refractivity contribution in [2.75, 3.05) is 25.0 Å². The van der Waals surface area contributed by atoms with E-state index in [0.717, 1.165) is 23.8 Å². The van der Waals surface area contributed by atoms with Gasteiger partial charge < -0.3 is 11.1 Å². The van der Waals surface area contributed by atoms with Gasteiger partial charge in [0, 0.05) is 25.0 Å². The van der Waals surface area contributed by atoms with Gasteiger partial charge in [0.05, 0.1) is 22.8 Å². The molecule has 3 rings (SSSR count). The number of benzene rings is 2. The number of likely N-dealkylation sites (tertiary alicyclic amines) is 1. The molecule has 0 aromatic heterocycles. The summed E-state index contributed by atoms with van der Waals surface area (Å²) in [4.78, 5) is 14.2. The SMILES string of the molecule is Cl.N[C@@H]1CN(CC(=O)Nc2cc(C(F)(F)F)ccc2Cl)C[C@H]1c1ccccc1. The second kappa shape index (κ2) is 9.13. The second-order valence-corrected chi connectivity index (χ2v) is 7.02. The summed E-state index contributed by atoms with van der Waals surface area (Å²) in [6.07, 6.45) is -4.51. The smallest absolute Gasteiger partial charge is 0.326 e. The van der Waals surface area contributed by atoms with Gasteiger partial charge in [-0.15, -0.1) is 12.4 Å². The molecule has 1 saturated heterocycles. The van der Waals surface area contributed by atoms with Crippen LogP contribution in [0.4, 0.5) is 18.9 Å². The van der Waals surface area contributed by atoms with Crippen molar-refractivity contribution < 1.29 is 18.0 Å². The summed E-state index contributed by atoms with van der Waals surface area (Å²) in [6, 6.07) is 12.5. The number of halogens is 5. The zero-order valence-corrected chi connectivity index (χ0v) is 16.3. The molecule has 0 saturated carbocycles. The van der Waals surface area contributed by atoms with Gasteiger partial charge in [0.1, 0.15) is 0 Å². The van der Waals surface area contributed by atoms with E-state index in [2.05, 4.69) is 5.32 Å². The fraction of sp³-hybridized carbons (Fsp3) is 0.316. The van der Waals surface area contributed by atoms with Crippen molar-refractivity contribution in [1.29, 1.82) is 0 Å². The molecule has 1 fully saturated rings. The lowest BCUT2D eigenvalue weighted by Gasteiger charge is -2.17. The van der Waals surface area contributed by atoms with Crippen molar-refractivity contribution in [1.82, 2.24) is 4.90 Å². The largest absolute Gasteiger partial charge is 0.416 e. The molecule has 1 aliphatic rings. The Labute approximate surface area is 172 Å². The summed E-state index contributed by atoms with van der Waals surface area (Å²) in [5, 5.41) is 2.52. The van der Waals surface area contributed by atoms with Crippen LogP contribution in [0.5, 0.6) is 0 Å². The molecule has 0 bridgehead atoms. The third kappa shape index (κ3) is 5.38. The number of carbonyl (C=O) groups is 1. The highest BCUT2D eigenvalue weighted by Gasteiger charge is 2.33. The standard InChI is InChI=1S/C19H19ClF3N3O.ClH/c20-15-7-6-13(19(21,22)23)8-17(15)25-18(27)11-26-9-14(16(24)10-26)12-4-2-1-3-5-12;/h1-8,14,16H,9-11,24H2,(H,25,27);1H/t14-,16+;/m0./s1. The molecule has 4 nitrogen and oxygen atoms in total. The average Bonchev–Trinajstić information content (AvgIpc) is 2.96. The Hall–Kier alpha value is -1.80. The molecule has 0 spiro atoms. The van der Waals surface area contributed by atoms with Crippen molar-refractivity contribution in [3.05, 3.63) is 64.7 Å². The fourth-order valence-corrected chi connectivity index (χ4v) is 3.45. The first-order chi connectivity index (χ1) is 12.7. The molecule has 28 heavy (non-hydrogen) atoms. The molecule has 2 aromatic rings. The zero-order valence-electron chi connectivity index (χ0n) is 14.7. The Morgan fingerprint density at radius 3 is 2.50 bits per heavy atom. The van der Waals surface area contributed by atoms with Crippen molar-refractivity contribution in [3.63, 3.8) is 0 Å². The van der Waals surface area contributed by atoms with Gasteiger partial charge in [0.2, 0.25) is 5.91 Å². The highest BCUT2D eigenvalue weighted by Crippen LogP contribution is 2.34. The molecule has 152 valence electrons. The maximum absolute atomic E-state index is 12.8. The van der Waals surface area contributed by atoms with Crippen LogP contribution >= 0.6 is 24.0 Å². The maximum atomic E-state index is 12.8. The molecule has 2 aromatic carbocycles. The molecule has 0 radical (unpaired) electrons. The van der Waals surface area contributed by atoms with Crippen LogP contribution in [0.25, 0.3) is 0 Å². The molecule has 2 atom stereocenters. The fourth-order valence-electron chi connectivity index (χ4n) is 3.29. The Bertz CT molecular complexity index is 818. The van der Waals surface area contributed by atoms with Crippen molar-refractivity contribution in [2.24, 2.45) is 5.73 Å². The summed E-state index contributed by atoms with van der Waals surface area (Å²) >= 11 is 5.92.